The van der Waals surface area contributed by atoms with Crippen molar-refractivity contribution in [2.24, 2.45) is 50.2 Å². The van der Waals surface area contributed by atoms with E-state index in [1.54, 1.807) is 0 Å². The second-order valence-corrected chi connectivity index (χ2v) is 15.1. The zero-order valence-corrected chi connectivity index (χ0v) is 22.6. The second-order valence-electron chi connectivity index (χ2n) is 15.1. The quantitative estimate of drug-likeness (QED) is 0.397. The molecule has 0 amide bonds. The van der Waals surface area contributed by atoms with Gasteiger partial charge in [-0.3, -0.25) is 4.79 Å². The van der Waals surface area contributed by atoms with E-state index in [-0.39, 0.29) is 27.1 Å². The molecule has 0 aromatic rings. The van der Waals surface area contributed by atoms with Crippen LogP contribution >= 0.6 is 0 Å². The molecule has 3 N–H and O–H groups in total. The van der Waals surface area contributed by atoms with E-state index in [4.69, 9.17) is 0 Å². The molecule has 0 bridgehead atoms. The molecule has 4 saturated carbocycles. The van der Waals surface area contributed by atoms with Crippen LogP contribution in [0.5, 0.6) is 0 Å². The lowest BCUT2D eigenvalue weighted by molar-refractivity contribution is -0.250. The molecular formula is C30H48O4. The van der Waals surface area contributed by atoms with Gasteiger partial charge in [0.15, 0.2) is 0 Å². The SMILES string of the molecule is CC1(C)C=C2[C@H]3CC[C@@H]4[C@@]5(C)C[C@@H](O)[C@H](O)C(C)(C)C5CC[C@@]4(C)[C@]3(C)CC[C@@]2(C(=O)O)CC1. The van der Waals surface area contributed by atoms with Crippen molar-refractivity contribution in [3.05, 3.63) is 11.6 Å². The molecule has 34 heavy (non-hydrogen) atoms. The van der Waals surface area contributed by atoms with Crippen LogP contribution in [0.15, 0.2) is 11.6 Å². The van der Waals surface area contributed by atoms with E-state index in [0.29, 0.717) is 24.2 Å². The number of carboxylic acid groups (broad SMARTS) is 1. The molecule has 1 unspecified atom stereocenters. The molecule has 0 aromatic carbocycles. The van der Waals surface area contributed by atoms with Crippen molar-refractivity contribution in [3.63, 3.8) is 0 Å². The van der Waals surface area contributed by atoms with Crippen molar-refractivity contribution in [1.82, 2.24) is 0 Å². The maximum atomic E-state index is 12.7. The van der Waals surface area contributed by atoms with Gasteiger partial charge in [-0.15, -0.1) is 0 Å². The maximum Gasteiger partial charge on any atom is 0.313 e. The predicted molar refractivity (Wildman–Crippen MR) is 134 cm³/mol. The summed E-state index contributed by atoms with van der Waals surface area (Å²) < 4.78 is 0. The van der Waals surface area contributed by atoms with Crippen molar-refractivity contribution < 1.29 is 20.1 Å². The zero-order valence-electron chi connectivity index (χ0n) is 22.6. The third-order valence-electron chi connectivity index (χ3n) is 13.0. The topological polar surface area (TPSA) is 77.8 Å². The Morgan fingerprint density at radius 2 is 1.47 bits per heavy atom. The van der Waals surface area contributed by atoms with Crippen LogP contribution < -0.4 is 0 Å². The van der Waals surface area contributed by atoms with E-state index < -0.39 is 23.6 Å². The number of allylic oxidation sites excluding steroid dienone is 1. The number of carbonyl (C=O) groups is 1. The fraction of sp³-hybridized carbons (Fsp3) is 0.900. The van der Waals surface area contributed by atoms with Gasteiger partial charge in [0, 0.05) is 0 Å². The van der Waals surface area contributed by atoms with Gasteiger partial charge in [-0.05, 0) is 103 Å². The molecule has 0 aliphatic heterocycles. The Labute approximate surface area is 206 Å². The van der Waals surface area contributed by atoms with Gasteiger partial charge in [0.1, 0.15) is 0 Å². The lowest BCUT2D eigenvalue weighted by Crippen LogP contribution is -2.68. The smallest absolute Gasteiger partial charge is 0.313 e. The van der Waals surface area contributed by atoms with Crippen molar-refractivity contribution >= 4 is 5.97 Å². The van der Waals surface area contributed by atoms with Gasteiger partial charge in [-0.2, -0.15) is 0 Å². The lowest BCUT2D eigenvalue weighted by atomic mass is 9.32. The molecular weight excluding hydrogens is 424 g/mol. The first-order chi connectivity index (χ1) is 15.6. The first kappa shape index (κ1) is 24.8. The van der Waals surface area contributed by atoms with E-state index in [2.05, 4.69) is 54.5 Å². The van der Waals surface area contributed by atoms with E-state index in [1.165, 1.54) is 5.57 Å². The predicted octanol–water partition coefficient (Wildman–Crippen LogP) is 6.20. The van der Waals surface area contributed by atoms with Gasteiger partial charge in [-0.25, -0.2) is 0 Å². The monoisotopic (exact) mass is 472 g/mol. The number of aliphatic hydroxyl groups is 2. The Bertz CT molecular complexity index is 919. The van der Waals surface area contributed by atoms with Crippen LogP contribution in [0.1, 0.15) is 106 Å². The number of aliphatic hydroxyl groups excluding tert-OH is 2. The molecule has 4 fully saturated rings. The molecule has 5 aliphatic carbocycles. The van der Waals surface area contributed by atoms with Crippen LogP contribution in [0.4, 0.5) is 0 Å². The van der Waals surface area contributed by atoms with Gasteiger partial charge >= 0.3 is 5.97 Å². The highest BCUT2D eigenvalue weighted by Gasteiger charge is 2.70. The normalized spacial score (nSPS) is 53.4. The number of aliphatic carboxylic acids is 1. The van der Waals surface area contributed by atoms with E-state index in [9.17, 15) is 20.1 Å². The summed E-state index contributed by atoms with van der Waals surface area (Å²) in [6.07, 6.45) is 9.53. The fourth-order valence-electron chi connectivity index (χ4n) is 10.9. The minimum absolute atomic E-state index is 0.00925. The second kappa shape index (κ2) is 7.12. The highest BCUT2D eigenvalue weighted by atomic mass is 16.4. The van der Waals surface area contributed by atoms with Crippen LogP contribution in [0.25, 0.3) is 0 Å². The highest BCUT2D eigenvalue weighted by Crippen LogP contribution is 2.76. The largest absolute Gasteiger partial charge is 0.481 e. The van der Waals surface area contributed by atoms with Gasteiger partial charge in [0.05, 0.1) is 17.6 Å². The summed E-state index contributed by atoms with van der Waals surface area (Å²) in [6, 6.07) is 0. The molecule has 9 atom stereocenters. The molecule has 0 saturated heterocycles. The van der Waals surface area contributed by atoms with Crippen molar-refractivity contribution in [1.29, 1.82) is 0 Å². The average Bonchev–Trinajstić information content (AvgIpc) is 2.72. The van der Waals surface area contributed by atoms with Crippen molar-refractivity contribution in [2.45, 2.75) is 118 Å². The van der Waals surface area contributed by atoms with E-state index in [0.717, 1.165) is 51.4 Å². The first-order valence-corrected chi connectivity index (χ1v) is 13.9. The summed E-state index contributed by atoms with van der Waals surface area (Å²) in [4.78, 5) is 12.7. The molecule has 192 valence electrons. The molecule has 0 heterocycles. The summed E-state index contributed by atoms with van der Waals surface area (Å²) in [5.74, 6) is 0.595. The average molecular weight is 473 g/mol. The minimum atomic E-state index is -0.670. The van der Waals surface area contributed by atoms with Gasteiger partial charge in [0.25, 0.3) is 0 Å². The highest BCUT2D eigenvalue weighted by molar-refractivity contribution is 5.80. The summed E-state index contributed by atoms with van der Waals surface area (Å²) >= 11 is 0. The molecule has 4 heteroatoms. The van der Waals surface area contributed by atoms with Gasteiger partial charge in [0.2, 0.25) is 0 Å². The Morgan fingerprint density at radius 1 is 0.824 bits per heavy atom. The zero-order chi connectivity index (χ0) is 25.1. The molecule has 0 aromatic heterocycles. The minimum Gasteiger partial charge on any atom is -0.481 e. The Hall–Kier alpha value is -0.870. The van der Waals surface area contributed by atoms with Crippen LogP contribution in [0.3, 0.4) is 0 Å². The number of hydrogen-bond acceptors (Lipinski definition) is 3. The van der Waals surface area contributed by atoms with Crippen LogP contribution in [-0.2, 0) is 4.79 Å². The third kappa shape index (κ3) is 2.88. The molecule has 4 nitrogen and oxygen atoms in total. The Kier molecular flexibility index (Phi) is 5.20. The number of carboxylic acids is 1. The molecule has 5 rings (SSSR count). The van der Waals surface area contributed by atoms with Crippen molar-refractivity contribution in [3.8, 4) is 0 Å². The number of fused-ring (bicyclic) bond motifs is 7. The summed E-state index contributed by atoms with van der Waals surface area (Å²) in [6.45, 7) is 16.3. The number of rotatable bonds is 1. The Balaban J connectivity index is 1.59. The van der Waals surface area contributed by atoms with Crippen LogP contribution in [0, 0.1) is 50.2 Å². The van der Waals surface area contributed by atoms with E-state index >= 15 is 0 Å². The Morgan fingerprint density at radius 3 is 2.12 bits per heavy atom. The summed E-state index contributed by atoms with van der Waals surface area (Å²) in [7, 11) is 0. The number of hydrogen-bond donors (Lipinski definition) is 3. The summed E-state index contributed by atoms with van der Waals surface area (Å²) in [5.41, 5.74) is 0.492. The van der Waals surface area contributed by atoms with Gasteiger partial charge < -0.3 is 15.3 Å². The first-order valence-electron chi connectivity index (χ1n) is 13.9. The summed E-state index contributed by atoms with van der Waals surface area (Å²) in [5, 5.41) is 32.4. The third-order valence-corrected chi connectivity index (χ3v) is 13.0. The van der Waals surface area contributed by atoms with Crippen LogP contribution in [0.2, 0.25) is 0 Å². The van der Waals surface area contributed by atoms with Gasteiger partial charge in [-0.1, -0.05) is 60.1 Å². The standard InChI is InChI=1S/C30H48O4/c1-25(2)12-14-30(24(33)34)15-13-28(6)18(19(30)16-25)8-9-22-27(5)17-20(31)23(32)26(3,4)21(27)10-11-29(22,28)7/h16,18,20-23,31-32H,8-15,17H2,1-7H3,(H,33,34)/t18-,20-,21?,22-,23+,27+,28-,29-,30+/m1/s1. The maximum absolute atomic E-state index is 12.7. The van der Waals surface area contributed by atoms with Crippen molar-refractivity contribution in [2.75, 3.05) is 0 Å². The molecule has 5 aliphatic rings. The fourth-order valence-corrected chi connectivity index (χ4v) is 10.9. The van der Waals surface area contributed by atoms with E-state index in [1.807, 2.05) is 0 Å². The molecule has 0 spiro atoms. The molecule has 0 radical (unpaired) electrons. The lowest BCUT2D eigenvalue weighted by Gasteiger charge is -2.72. The van der Waals surface area contributed by atoms with Crippen LogP contribution in [-0.4, -0.2) is 33.5 Å².